The van der Waals surface area contributed by atoms with Gasteiger partial charge in [0.05, 0.1) is 11.7 Å². The van der Waals surface area contributed by atoms with Gasteiger partial charge in [-0.1, -0.05) is 6.92 Å². The van der Waals surface area contributed by atoms with E-state index in [9.17, 15) is 4.79 Å². The van der Waals surface area contributed by atoms with Crippen molar-refractivity contribution in [1.29, 1.82) is 0 Å². The topological polar surface area (TPSA) is 67.0 Å². The van der Waals surface area contributed by atoms with Crippen LogP contribution in [0.5, 0.6) is 5.75 Å². The van der Waals surface area contributed by atoms with E-state index in [0.29, 0.717) is 0 Å². The number of nitrogens with one attached hydrogen (secondary N) is 2. The number of aromatic nitrogens is 2. The van der Waals surface area contributed by atoms with Crippen molar-refractivity contribution in [3.63, 3.8) is 0 Å². The minimum absolute atomic E-state index is 0.0414. The summed E-state index contributed by atoms with van der Waals surface area (Å²) in [5.41, 5.74) is 2.25. The quantitative estimate of drug-likeness (QED) is 0.912. The lowest BCUT2D eigenvalue weighted by Crippen LogP contribution is -2.40. The van der Waals surface area contributed by atoms with Gasteiger partial charge in [0.15, 0.2) is 0 Å². The van der Waals surface area contributed by atoms with Gasteiger partial charge in [-0.2, -0.15) is 5.10 Å². The molecule has 118 valence electrons. The molecule has 2 atom stereocenters. The fourth-order valence-corrected chi connectivity index (χ4v) is 3.38. The molecule has 1 saturated carbocycles. The zero-order valence-electron chi connectivity index (χ0n) is 13.2. The SMILES string of the molecule is CCc1c(OC2CCCC(NC(C)=O)C2)ccc2[nH]ncc12. The summed E-state index contributed by atoms with van der Waals surface area (Å²) >= 11 is 0. The summed E-state index contributed by atoms with van der Waals surface area (Å²) in [7, 11) is 0. The van der Waals surface area contributed by atoms with Crippen molar-refractivity contribution in [2.75, 3.05) is 0 Å². The van der Waals surface area contributed by atoms with Crippen LogP contribution in [-0.2, 0) is 11.2 Å². The Hall–Kier alpha value is -2.04. The number of fused-ring (bicyclic) bond motifs is 1. The number of aryl methyl sites for hydroxylation is 1. The molecule has 1 fully saturated rings. The Kier molecular flexibility index (Phi) is 4.32. The monoisotopic (exact) mass is 301 g/mol. The first-order chi connectivity index (χ1) is 10.7. The third kappa shape index (κ3) is 3.08. The first-order valence-corrected chi connectivity index (χ1v) is 8.06. The van der Waals surface area contributed by atoms with Crippen LogP contribution in [0.3, 0.4) is 0 Å². The number of carbonyl (C=O) groups is 1. The Balaban J connectivity index is 1.76. The van der Waals surface area contributed by atoms with Crippen molar-refractivity contribution in [3.8, 4) is 5.75 Å². The molecule has 2 aromatic rings. The summed E-state index contributed by atoms with van der Waals surface area (Å²) in [6, 6.07) is 4.28. The van der Waals surface area contributed by atoms with Gasteiger partial charge in [0.2, 0.25) is 5.91 Å². The van der Waals surface area contributed by atoms with E-state index in [4.69, 9.17) is 4.74 Å². The molecule has 1 aromatic carbocycles. The lowest BCUT2D eigenvalue weighted by molar-refractivity contribution is -0.120. The average molecular weight is 301 g/mol. The summed E-state index contributed by atoms with van der Waals surface area (Å²) in [6.07, 6.45) is 7.00. The van der Waals surface area contributed by atoms with Gasteiger partial charge in [-0.3, -0.25) is 9.89 Å². The fourth-order valence-electron chi connectivity index (χ4n) is 3.38. The highest BCUT2D eigenvalue weighted by atomic mass is 16.5. The normalized spacial score (nSPS) is 21.7. The van der Waals surface area contributed by atoms with Gasteiger partial charge in [0.25, 0.3) is 0 Å². The molecule has 5 heteroatoms. The predicted molar refractivity (Wildman–Crippen MR) is 86.0 cm³/mol. The van der Waals surface area contributed by atoms with Crippen LogP contribution in [0.15, 0.2) is 18.3 Å². The van der Waals surface area contributed by atoms with E-state index in [0.717, 1.165) is 48.8 Å². The Morgan fingerprint density at radius 2 is 2.32 bits per heavy atom. The molecule has 1 aliphatic carbocycles. The first-order valence-electron chi connectivity index (χ1n) is 8.06. The number of rotatable bonds is 4. The van der Waals surface area contributed by atoms with Gasteiger partial charge in [0.1, 0.15) is 11.9 Å². The molecular weight excluding hydrogens is 278 g/mol. The summed E-state index contributed by atoms with van der Waals surface area (Å²) < 4.78 is 6.27. The number of hydrogen-bond donors (Lipinski definition) is 2. The smallest absolute Gasteiger partial charge is 0.217 e. The third-order valence-corrected chi connectivity index (χ3v) is 4.37. The van der Waals surface area contributed by atoms with Gasteiger partial charge < -0.3 is 10.1 Å². The number of benzene rings is 1. The number of nitrogens with zero attached hydrogens (tertiary/aromatic N) is 1. The van der Waals surface area contributed by atoms with E-state index in [1.165, 1.54) is 5.56 Å². The Morgan fingerprint density at radius 3 is 3.09 bits per heavy atom. The van der Waals surface area contributed by atoms with E-state index in [-0.39, 0.29) is 18.1 Å². The van der Waals surface area contributed by atoms with Gasteiger partial charge in [-0.05, 0) is 37.8 Å². The van der Waals surface area contributed by atoms with E-state index in [1.807, 2.05) is 18.3 Å². The fraction of sp³-hybridized carbons (Fsp3) is 0.529. The van der Waals surface area contributed by atoms with Crippen LogP contribution in [0.1, 0.15) is 45.1 Å². The molecule has 0 aliphatic heterocycles. The van der Waals surface area contributed by atoms with Crippen molar-refractivity contribution in [1.82, 2.24) is 15.5 Å². The van der Waals surface area contributed by atoms with Gasteiger partial charge in [-0.15, -0.1) is 0 Å². The minimum Gasteiger partial charge on any atom is -0.490 e. The molecule has 0 bridgehead atoms. The summed E-state index contributed by atoms with van der Waals surface area (Å²) in [4.78, 5) is 11.2. The maximum atomic E-state index is 11.2. The molecule has 0 saturated heterocycles. The summed E-state index contributed by atoms with van der Waals surface area (Å²) in [5, 5.41) is 11.3. The predicted octanol–water partition coefficient (Wildman–Crippen LogP) is 2.95. The molecule has 5 nitrogen and oxygen atoms in total. The highest BCUT2D eigenvalue weighted by Crippen LogP contribution is 2.31. The lowest BCUT2D eigenvalue weighted by atomic mass is 9.92. The largest absolute Gasteiger partial charge is 0.490 e. The number of carbonyl (C=O) groups excluding carboxylic acids is 1. The second-order valence-electron chi connectivity index (χ2n) is 6.03. The highest BCUT2D eigenvalue weighted by Gasteiger charge is 2.24. The van der Waals surface area contributed by atoms with Crippen molar-refractivity contribution in [2.45, 2.75) is 58.1 Å². The Bertz CT molecular complexity index is 665. The van der Waals surface area contributed by atoms with Crippen molar-refractivity contribution in [3.05, 3.63) is 23.9 Å². The highest BCUT2D eigenvalue weighted by molar-refractivity contribution is 5.84. The summed E-state index contributed by atoms with van der Waals surface area (Å²) in [6.45, 7) is 3.71. The molecular formula is C17H23N3O2. The lowest BCUT2D eigenvalue weighted by Gasteiger charge is -2.30. The van der Waals surface area contributed by atoms with Crippen LogP contribution in [0.25, 0.3) is 10.9 Å². The third-order valence-electron chi connectivity index (χ3n) is 4.37. The average Bonchev–Trinajstić information content (AvgIpc) is 2.95. The van der Waals surface area contributed by atoms with Crippen molar-refractivity contribution in [2.24, 2.45) is 0 Å². The molecule has 1 aliphatic rings. The summed E-state index contributed by atoms with van der Waals surface area (Å²) in [5.74, 6) is 0.990. The van der Waals surface area contributed by atoms with Gasteiger partial charge in [-0.25, -0.2) is 0 Å². The van der Waals surface area contributed by atoms with Gasteiger partial charge >= 0.3 is 0 Å². The number of ether oxygens (including phenoxy) is 1. The number of aromatic amines is 1. The maximum absolute atomic E-state index is 11.2. The molecule has 1 amide bonds. The molecule has 2 unspecified atom stereocenters. The van der Waals surface area contributed by atoms with E-state index >= 15 is 0 Å². The van der Waals surface area contributed by atoms with Crippen LogP contribution in [0.2, 0.25) is 0 Å². The van der Waals surface area contributed by atoms with E-state index in [2.05, 4.69) is 22.4 Å². The van der Waals surface area contributed by atoms with Crippen LogP contribution >= 0.6 is 0 Å². The molecule has 0 radical (unpaired) electrons. The van der Waals surface area contributed by atoms with E-state index < -0.39 is 0 Å². The van der Waals surface area contributed by atoms with Crippen LogP contribution in [0, 0.1) is 0 Å². The van der Waals surface area contributed by atoms with E-state index in [1.54, 1.807) is 6.92 Å². The molecule has 1 heterocycles. The molecule has 0 spiro atoms. The van der Waals surface area contributed by atoms with Crippen LogP contribution in [0.4, 0.5) is 0 Å². The molecule has 1 aromatic heterocycles. The second kappa shape index (κ2) is 6.38. The van der Waals surface area contributed by atoms with Gasteiger partial charge in [0, 0.05) is 30.3 Å². The maximum Gasteiger partial charge on any atom is 0.217 e. The van der Waals surface area contributed by atoms with Crippen LogP contribution in [-0.4, -0.2) is 28.3 Å². The number of amides is 1. The zero-order valence-corrected chi connectivity index (χ0v) is 13.2. The second-order valence-corrected chi connectivity index (χ2v) is 6.03. The van der Waals surface area contributed by atoms with Crippen molar-refractivity contribution < 1.29 is 9.53 Å². The number of H-pyrrole nitrogens is 1. The Labute approximate surface area is 130 Å². The molecule has 3 rings (SSSR count). The zero-order chi connectivity index (χ0) is 15.5. The number of hydrogen-bond acceptors (Lipinski definition) is 3. The Morgan fingerprint density at radius 1 is 1.45 bits per heavy atom. The van der Waals surface area contributed by atoms with Crippen molar-refractivity contribution >= 4 is 16.8 Å². The first kappa shape index (κ1) is 14.9. The minimum atomic E-state index is 0.0414. The van der Waals surface area contributed by atoms with Crippen LogP contribution < -0.4 is 10.1 Å². The molecule has 2 N–H and O–H groups in total. The standard InChI is InChI=1S/C17H23N3O2/c1-3-14-15-10-18-20-16(15)7-8-17(14)22-13-6-4-5-12(9-13)19-11(2)21/h7-8,10,12-13H,3-6,9H2,1-2H3,(H,18,20)(H,19,21). The molecule has 22 heavy (non-hydrogen) atoms.